The van der Waals surface area contributed by atoms with Crippen LogP contribution in [0.4, 0.5) is 0 Å². The molecule has 0 spiro atoms. The smallest absolute Gasteiger partial charge is 0.243 e. The molecule has 0 aliphatic heterocycles. The summed E-state index contributed by atoms with van der Waals surface area (Å²) in [5.41, 5.74) is 3.58. The Bertz CT molecular complexity index is 1040. The number of nitrogens with zero attached hydrogens (tertiary/aromatic N) is 1. The van der Waals surface area contributed by atoms with Crippen molar-refractivity contribution in [2.24, 2.45) is 0 Å². The van der Waals surface area contributed by atoms with Gasteiger partial charge in [-0.05, 0) is 49.1 Å². The quantitative estimate of drug-likeness (QED) is 0.753. The van der Waals surface area contributed by atoms with Gasteiger partial charge in [0.15, 0.2) is 0 Å². The van der Waals surface area contributed by atoms with Crippen LogP contribution in [0.3, 0.4) is 0 Å². The van der Waals surface area contributed by atoms with E-state index in [1.54, 1.807) is 25.2 Å². The molecule has 0 amide bonds. The zero-order chi connectivity index (χ0) is 17.6. The Morgan fingerprint density at radius 2 is 1.96 bits per heavy atom. The lowest BCUT2D eigenvalue weighted by molar-refractivity contribution is 0.336. The van der Waals surface area contributed by atoms with Crippen LogP contribution in [0.2, 0.25) is 5.02 Å². The Hall–Kier alpha value is -1.82. The van der Waals surface area contributed by atoms with E-state index in [1.165, 1.54) is 27.0 Å². The minimum absolute atomic E-state index is 0.0595. The molecule has 0 saturated carbocycles. The van der Waals surface area contributed by atoms with Gasteiger partial charge in [-0.1, -0.05) is 35.9 Å². The lowest BCUT2D eigenvalue weighted by atomic mass is 9.91. The summed E-state index contributed by atoms with van der Waals surface area (Å²) in [6, 6.07) is 14.6. The van der Waals surface area contributed by atoms with Gasteiger partial charge in [0.05, 0.1) is 4.90 Å². The van der Waals surface area contributed by atoms with Crippen LogP contribution in [0.25, 0.3) is 10.9 Å². The molecule has 4 rings (SSSR count). The topological polar surface area (TPSA) is 53.2 Å². The summed E-state index contributed by atoms with van der Waals surface area (Å²) >= 11 is 5.97. The number of sulfonamides is 1. The molecule has 1 aliphatic carbocycles. The minimum Gasteiger partial charge on any atom is -0.358 e. The van der Waals surface area contributed by atoms with Gasteiger partial charge in [-0.25, -0.2) is 8.42 Å². The molecule has 4 nitrogen and oxygen atoms in total. The van der Waals surface area contributed by atoms with Crippen molar-refractivity contribution < 1.29 is 8.42 Å². The second-order valence-corrected chi connectivity index (χ2v) is 8.94. The molecule has 1 atom stereocenters. The van der Waals surface area contributed by atoms with E-state index in [1.807, 2.05) is 12.1 Å². The van der Waals surface area contributed by atoms with Crippen LogP contribution in [0.1, 0.15) is 17.7 Å². The van der Waals surface area contributed by atoms with Crippen LogP contribution in [0.5, 0.6) is 0 Å². The number of hydrogen-bond donors (Lipinski definition) is 1. The predicted octanol–water partition coefficient (Wildman–Crippen LogP) is 4.00. The molecule has 25 heavy (non-hydrogen) atoms. The molecule has 3 aromatic rings. The van der Waals surface area contributed by atoms with E-state index in [2.05, 4.69) is 17.1 Å². The molecule has 1 N–H and O–H groups in total. The van der Waals surface area contributed by atoms with E-state index < -0.39 is 10.0 Å². The predicted molar refractivity (Wildman–Crippen MR) is 101 cm³/mol. The minimum atomic E-state index is -3.56. The summed E-state index contributed by atoms with van der Waals surface area (Å²) in [6.45, 7) is 0. The molecule has 1 aromatic heterocycles. The number of hydrogen-bond acceptors (Lipinski definition) is 2. The first kappa shape index (κ1) is 16.6. The van der Waals surface area contributed by atoms with E-state index in [9.17, 15) is 8.42 Å². The zero-order valence-corrected chi connectivity index (χ0v) is 15.4. The molecular weight excluding hydrogens is 356 g/mol. The average Bonchev–Trinajstić information content (AvgIpc) is 2.99. The molecule has 0 fully saturated rings. The van der Waals surface area contributed by atoms with E-state index >= 15 is 0 Å². The third-order valence-corrected chi connectivity index (χ3v) is 7.20. The SMILES string of the molecule is CN(C1CCc2[nH]c3ccccc3c2C1)S(=O)(=O)c1cccc(Cl)c1. The number of halogens is 1. The molecule has 0 radical (unpaired) electrons. The highest BCUT2D eigenvalue weighted by Gasteiger charge is 2.32. The summed E-state index contributed by atoms with van der Waals surface area (Å²) in [4.78, 5) is 3.71. The first-order valence-electron chi connectivity index (χ1n) is 8.29. The highest BCUT2D eigenvalue weighted by molar-refractivity contribution is 7.89. The monoisotopic (exact) mass is 374 g/mol. The van der Waals surface area contributed by atoms with Crippen molar-refractivity contribution in [2.75, 3.05) is 7.05 Å². The van der Waals surface area contributed by atoms with Crippen molar-refractivity contribution in [3.05, 3.63) is 64.8 Å². The van der Waals surface area contributed by atoms with Crippen molar-refractivity contribution in [3.63, 3.8) is 0 Å². The van der Waals surface area contributed by atoms with Gasteiger partial charge in [0.2, 0.25) is 10.0 Å². The molecule has 0 bridgehead atoms. The number of fused-ring (bicyclic) bond motifs is 3. The number of aromatic amines is 1. The second-order valence-electron chi connectivity index (χ2n) is 6.50. The van der Waals surface area contributed by atoms with E-state index in [4.69, 9.17) is 11.6 Å². The van der Waals surface area contributed by atoms with Crippen molar-refractivity contribution in [1.29, 1.82) is 0 Å². The number of para-hydroxylation sites is 1. The van der Waals surface area contributed by atoms with Gasteiger partial charge in [-0.3, -0.25) is 0 Å². The molecule has 1 unspecified atom stereocenters. The summed E-state index contributed by atoms with van der Waals surface area (Å²) in [7, 11) is -1.89. The summed E-state index contributed by atoms with van der Waals surface area (Å²) in [5, 5.41) is 1.62. The number of nitrogens with one attached hydrogen (secondary N) is 1. The lowest BCUT2D eigenvalue weighted by Gasteiger charge is -2.30. The van der Waals surface area contributed by atoms with E-state index in [0.717, 1.165) is 24.8 Å². The first-order valence-corrected chi connectivity index (χ1v) is 10.1. The van der Waals surface area contributed by atoms with Gasteiger partial charge in [-0.15, -0.1) is 0 Å². The Kier molecular flexibility index (Phi) is 4.10. The van der Waals surface area contributed by atoms with Crippen molar-refractivity contribution in [1.82, 2.24) is 9.29 Å². The second kappa shape index (κ2) is 6.16. The highest BCUT2D eigenvalue weighted by atomic mass is 35.5. The molecular formula is C19H19ClN2O2S. The third-order valence-electron chi connectivity index (χ3n) is 5.06. The van der Waals surface area contributed by atoms with Crippen molar-refractivity contribution in [3.8, 4) is 0 Å². The van der Waals surface area contributed by atoms with Crippen LogP contribution < -0.4 is 0 Å². The molecule has 130 valence electrons. The summed E-state index contributed by atoms with van der Waals surface area (Å²) < 4.78 is 27.4. The zero-order valence-electron chi connectivity index (χ0n) is 13.9. The van der Waals surface area contributed by atoms with Crippen molar-refractivity contribution >= 4 is 32.5 Å². The lowest BCUT2D eigenvalue weighted by Crippen LogP contribution is -2.40. The fourth-order valence-electron chi connectivity index (χ4n) is 3.65. The fraction of sp³-hybridized carbons (Fsp3) is 0.263. The number of benzene rings is 2. The molecule has 6 heteroatoms. The first-order chi connectivity index (χ1) is 12.0. The molecule has 1 aliphatic rings. The van der Waals surface area contributed by atoms with Gasteiger partial charge in [0.1, 0.15) is 0 Å². The van der Waals surface area contributed by atoms with Crippen LogP contribution in [0, 0.1) is 0 Å². The van der Waals surface area contributed by atoms with E-state index in [0.29, 0.717) is 5.02 Å². The summed E-state index contributed by atoms with van der Waals surface area (Å²) in [6.07, 6.45) is 2.37. The van der Waals surface area contributed by atoms with Gasteiger partial charge < -0.3 is 4.98 Å². The van der Waals surface area contributed by atoms with Crippen LogP contribution in [-0.4, -0.2) is 30.8 Å². The van der Waals surface area contributed by atoms with E-state index in [-0.39, 0.29) is 10.9 Å². The average molecular weight is 375 g/mol. The Balaban J connectivity index is 1.67. The maximum absolute atomic E-state index is 13.0. The van der Waals surface area contributed by atoms with Gasteiger partial charge in [0, 0.05) is 34.7 Å². The number of aromatic nitrogens is 1. The standard InChI is InChI=1S/C19H19ClN2O2S/c1-22(25(23,24)15-6-4-5-13(20)11-15)14-9-10-19-17(12-14)16-7-2-3-8-18(16)21-19/h2-8,11,14,21H,9-10,12H2,1H3. The third kappa shape index (κ3) is 2.86. The Labute approximate surface area is 152 Å². The number of H-pyrrole nitrogens is 1. The van der Waals surface area contributed by atoms with Crippen LogP contribution >= 0.6 is 11.6 Å². The fourth-order valence-corrected chi connectivity index (χ4v) is 5.34. The van der Waals surface area contributed by atoms with Gasteiger partial charge in [0.25, 0.3) is 0 Å². The molecule has 0 saturated heterocycles. The molecule has 2 aromatic carbocycles. The van der Waals surface area contributed by atoms with Gasteiger partial charge in [-0.2, -0.15) is 4.31 Å². The molecule has 1 heterocycles. The number of likely N-dealkylation sites (N-methyl/N-ethyl adjacent to an activating group) is 1. The summed E-state index contributed by atoms with van der Waals surface area (Å²) in [5.74, 6) is 0. The Morgan fingerprint density at radius 1 is 1.16 bits per heavy atom. The van der Waals surface area contributed by atoms with Crippen molar-refractivity contribution in [2.45, 2.75) is 30.2 Å². The normalized spacial score (nSPS) is 17.8. The maximum atomic E-state index is 13.0. The van der Waals surface area contributed by atoms with Crippen LogP contribution in [-0.2, 0) is 22.9 Å². The highest BCUT2D eigenvalue weighted by Crippen LogP contribution is 2.32. The van der Waals surface area contributed by atoms with Gasteiger partial charge >= 0.3 is 0 Å². The largest absolute Gasteiger partial charge is 0.358 e. The number of aryl methyl sites for hydroxylation is 1. The van der Waals surface area contributed by atoms with Crippen LogP contribution in [0.15, 0.2) is 53.4 Å². The Morgan fingerprint density at radius 3 is 2.76 bits per heavy atom. The number of rotatable bonds is 3. The maximum Gasteiger partial charge on any atom is 0.243 e.